The van der Waals surface area contributed by atoms with Crippen LogP contribution in [-0.4, -0.2) is 38.3 Å². The number of ether oxygens (including phenoxy) is 1. The zero-order chi connectivity index (χ0) is 11.6. The number of hydrogen-bond donors (Lipinski definition) is 2. The number of carbonyl (C=O) groups is 1. The van der Waals surface area contributed by atoms with E-state index >= 15 is 0 Å². The van der Waals surface area contributed by atoms with Crippen LogP contribution < -0.4 is 10.6 Å². The summed E-state index contributed by atoms with van der Waals surface area (Å²) in [5, 5.41) is 6.16. The van der Waals surface area contributed by atoms with Gasteiger partial charge in [-0.3, -0.25) is 4.79 Å². The molecule has 1 unspecified atom stereocenters. The van der Waals surface area contributed by atoms with E-state index in [1.54, 1.807) is 0 Å². The molecule has 1 aliphatic heterocycles. The van der Waals surface area contributed by atoms with Gasteiger partial charge in [-0.1, -0.05) is 6.08 Å². The first-order valence-corrected chi connectivity index (χ1v) is 6.01. The molecule has 0 bridgehead atoms. The van der Waals surface area contributed by atoms with Gasteiger partial charge in [0.05, 0.1) is 13.2 Å². The first-order chi connectivity index (χ1) is 7.83. The molecule has 4 heteroatoms. The van der Waals surface area contributed by atoms with Crippen molar-refractivity contribution in [2.45, 2.75) is 31.7 Å². The average Bonchev–Trinajstić information content (AvgIpc) is 2.76. The molecule has 0 aromatic rings. The van der Waals surface area contributed by atoms with E-state index in [1.165, 1.54) is 6.42 Å². The highest BCUT2D eigenvalue weighted by Crippen LogP contribution is 2.07. The Hall–Kier alpha value is -0.870. The maximum Gasteiger partial charge on any atom is 0.221 e. The highest BCUT2D eigenvalue weighted by molar-refractivity contribution is 5.76. The van der Waals surface area contributed by atoms with Crippen molar-refractivity contribution >= 4 is 5.91 Å². The van der Waals surface area contributed by atoms with Crippen LogP contribution in [0.5, 0.6) is 0 Å². The van der Waals surface area contributed by atoms with E-state index in [0.717, 1.165) is 19.4 Å². The van der Waals surface area contributed by atoms with E-state index in [0.29, 0.717) is 32.2 Å². The van der Waals surface area contributed by atoms with E-state index in [4.69, 9.17) is 4.74 Å². The zero-order valence-electron chi connectivity index (χ0n) is 9.84. The molecular formula is C12H22N2O2. The minimum absolute atomic E-state index is 0.117. The molecule has 2 N–H and O–H groups in total. The van der Waals surface area contributed by atoms with Crippen LogP contribution in [0.15, 0.2) is 12.7 Å². The topological polar surface area (TPSA) is 50.4 Å². The SMILES string of the molecule is C=CCCOCCNC(=O)CC1CCCN1. The lowest BCUT2D eigenvalue weighted by molar-refractivity contribution is -0.121. The summed E-state index contributed by atoms with van der Waals surface area (Å²) in [6.07, 6.45) is 5.57. The van der Waals surface area contributed by atoms with Gasteiger partial charge in [0.25, 0.3) is 0 Å². The van der Waals surface area contributed by atoms with Crippen molar-refractivity contribution in [1.29, 1.82) is 0 Å². The Morgan fingerprint density at radius 2 is 2.44 bits per heavy atom. The third-order valence-corrected chi connectivity index (χ3v) is 2.63. The third kappa shape index (κ3) is 5.88. The van der Waals surface area contributed by atoms with Gasteiger partial charge in [-0.25, -0.2) is 0 Å². The summed E-state index contributed by atoms with van der Waals surface area (Å²) in [4.78, 5) is 11.5. The molecule has 1 heterocycles. The van der Waals surface area contributed by atoms with Crippen LogP contribution in [0.3, 0.4) is 0 Å². The fourth-order valence-corrected chi connectivity index (χ4v) is 1.76. The molecule has 0 spiro atoms. The van der Waals surface area contributed by atoms with Gasteiger partial charge < -0.3 is 15.4 Å². The molecule has 0 aromatic heterocycles. The van der Waals surface area contributed by atoms with Crippen LogP contribution >= 0.6 is 0 Å². The number of rotatable bonds is 8. The first-order valence-electron chi connectivity index (χ1n) is 6.01. The van der Waals surface area contributed by atoms with Crippen molar-refractivity contribution in [2.24, 2.45) is 0 Å². The number of amides is 1. The largest absolute Gasteiger partial charge is 0.379 e. The van der Waals surface area contributed by atoms with Crippen LogP contribution in [0.25, 0.3) is 0 Å². The Kier molecular flexibility index (Phi) is 6.85. The van der Waals surface area contributed by atoms with Crippen LogP contribution in [0.4, 0.5) is 0 Å². The van der Waals surface area contributed by atoms with Gasteiger partial charge in [0.2, 0.25) is 5.91 Å². The molecule has 1 rings (SSSR count). The number of hydrogen-bond acceptors (Lipinski definition) is 3. The molecule has 1 aliphatic rings. The normalized spacial score (nSPS) is 19.6. The molecule has 0 aromatic carbocycles. The van der Waals surface area contributed by atoms with Crippen LogP contribution in [0, 0.1) is 0 Å². The molecular weight excluding hydrogens is 204 g/mol. The molecule has 1 fully saturated rings. The van der Waals surface area contributed by atoms with Crippen molar-refractivity contribution in [3.8, 4) is 0 Å². The van der Waals surface area contributed by atoms with Crippen LogP contribution in [0.1, 0.15) is 25.7 Å². The monoisotopic (exact) mass is 226 g/mol. The molecule has 4 nitrogen and oxygen atoms in total. The van der Waals surface area contributed by atoms with Crippen molar-refractivity contribution in [1.82, 2.24) is 10.6 Å². The highest BCUT2D eigenvalue weighted by atomic mass is 16.5. The van der Waals surface area contributed by atoms with Crippen molar-refractivity contribution in [3.63, 3.8) is 0 Å². The summed E-state index contributed by atoms with van der Waals surface area (Å²) >= 11 is 0. The lowest BCUT2D eigenvalue weighted by Crippen LogP contribution is -2.33. The van der Waals surface area contributed by atoms with Gasteiger partial charge in [0, 0.05) is 19.0 Å². The van der Waals surface area contributed by atoms with Gasteiger partial charge in [0.15, 0.2) is 0 Å². The van der Waals surface area contributed by atoms with Gasteiger partial charge in [-0.05, 0) is 25.8 Å². The fraction of sp³-hybridized carbons (Fsp3) is 0.750. The average molecular weight is 226 g/mol. The Labute approximate surface area is 97.4 Å². The Balaban J connectivity index is 1.91. The molecule has 16 heavy (non-hydrogen) atoms. The van der Waals surface area contributed by atoms with E-state index in [-0.39, 0.29) is 5.91 Å². The van der Waals surface area contributed by atoms with Gasteiger partial charge in [-0.2, -0.15) is 0 Å². The summed E-state index contributed by atoms with van der Waals surface area (Å²) in [5.41, 5.74) is 0. The molecule has 0 radical (unpaired) electrons. The zero-order valence-corrected chi connectivity index (χ0v) is 9.84. The second-order valence-electron chi connectivity index (χ2n) is 4.04. The maximum absolute atomic E-state index is 11.5. The van der Waals surface area contributed by atoms with Gasteiger partial charge >= 0.3 is 0 Å². The van der Waals surface area contributed by atoms with E-state index in [1.807, 2.05) is 6.08 Å². The Bertz CT molecular complexity index is 213. The van der Waals surface area contributed by atoms with E-state index < -0.39 is 0 Å². The fourth-order valence-electron chi connectivity index (χ4n) is 1.76. The minimum atomic E-state index is 0.117. The summed E-state index contributed by atoms with van der Waals surface area (Å²) in [6.45, 7) is 6.52. The summed E-state index contributed by atoms with van der Waals surface area (Å²) < 4.78 is 5.29. The van der Waals surface area contributed by atoms with Crippen molar-refractivity contribution in [3.05, 3.63) is 12.7 Å². The molecule has 1 atom stereocenters. The summed E-state index contributed by atoms with van der Waals surface area (Å²) in [6, 6.07) is 0.377. The predicted molar refractivity (Wildman–Crippen MR) is 64.3 cm³/mol. The van der Waals surface area contributed by atoms with Crippen LogP contribution in [0.2, 0.25) is 0 Å². The van der Waals surface area contributed by atoms with Gasteiger partial charge in [0.1, 0.15) is 0 Å². The maximum atomic E-state index is 11.5. The minimum Gasteiger partial charge on any atom is -0.379 e. The molecule has 1 amide bonds. The highest BCUT2D eigenvalue weighted by Gasteiger charge is 2.16. The lowest BCUT2D eigenvalue weighted by atomic mass is 10.1. The molecule has 0 saturated carbocycles. The second-order valence-corrected chi connectivity index (χ2v) is 4.04. The van der Waals surface area contributed by atoms with E-state index in [9.17, 15) is 4.79 Å². The Morgan fingerprint density at radius 1 is 1.56 bits per heavy atom. The van der Waals surface area contributed by atoms with Crippen molar-refractivity contribution in [2.75, 3.05) is 26.3 Å². The van der Waals surface area contributed by atoms with E-state index in [2.05, 4.69) is 17.2 Å². The lowest BCUT2D eigenvalue weighted by Gasteiger charge is -2.10. The predicted octanol–water partition coefficient (Wildman–Crippen LogP) is 0.837. The molecule has 1 saturated heterocycles. The first kappa shape index (κ1) is 13.2. The molecule has 0 aliphatic carbocycles. The molecule has 92 valence electrons. The summed E-state index contributed by atoms with van der Waals surface area (Å²) in [5.74, 6) is 0.117. The third-order valence-electron chi connectivity index (χ3n) is 2.63. The smallest absolute Gasteiger partial charge is 0.221 e. The van der Waals surface area contributed by atoms with Crippen molar-refractivity contribution < 1.29 is 9.53 Å². The number of nitrogens with one attached hydrogen (secondary N) is 2. The second kappa shape index (κ2) is 8.30. The van der Waals surface area contributed by atoms with Gasteiger partial charge in [-0.15, -0.1) is 6.58 Å². The number of carbonyl (C=O) groups excluding carboxylic acids is 1. The standard InChI is InChI=1S/C12H22N2O2/c1-2-3-8-16-9-7-14-12(15)10-11-5-4-6-13-11/h2,11,13H,1,3-10H2,(H,14,15). The van der Waals surface area contributed by atoms with Crippen LogP contribution in [-0.2, 0) is 9.53 Å². The summed E-state index contributed by atoms with van der Waals surface area (Å²) in [7, 11) is 0. The Morgan fingerprint density at radius 3 is 3.12 bits per heavy atom. The quantitative estimate of drug-likeness (QED) is 0.476.